The van der Waals surface area contributed by atoms with Crippen LogP contribution >= 0.6 is 11.6 Å². The van der Waals surface area contributed by atoms with Crippen molar-refractivity contribution >= 4 is 11.6 Å². The third kappa shape index (κ3) is 1.63. The molecule has 3 nitrogen and oxygen atoms in total. The van der Waals surface area contributed by atoms with Gasteiger partial charge in [0.1, 0.15) is 12.2 Å². The molecule has 72 valence electrons. The van der Waals surface area contributed by atoms with Crippen molar-refractivity contribution in [3.63, 3.8) is 0 Å². The van der Waals surface area contributed by atoms with Crippen molar-refractivity contribution in [1.82, 2.24) is 14.8 Å². The average Bonchev–Trinajstić information content (AvgIpc) is 2.57. The Hall–Kier alpha value is -1.35. The highest BCUT2D eigenvalue weighted by Crippen LogP contribution is 2.18. The zero-order valence-electron chi connectivity index (χ0n) is 8.03. The lowest BCUT2D eigenvalue weighted by molar-refractivity contribution is 0.862. The van der Waals surface area contributed by atoms with Crippen molar-refractivity contribution in [2.75, 3.05) is 0 Å². The SMILES string of the molecule is Cc1ncn(-c2ccc(C)c(Cl)c2)n1. The maximum Gasteiger partial charge on any atom is 0.147 e. The Morgan fingerprint density at radius 3 is 2.64 bits per heavy atom. The molecule has 0 aliphatic heterocycles. The first-order valence-corrected chi connectivity index (χ1v) is 4.69. The van der Waals surface area contributed by atoms with Gasteiger partial charge in [-0.05, 0) is 31.5 Å². The standard InChI is InChI=1S/C10H10ClN3/c1-7-3-4-9(5-10(7)11)14-6-12-8(2)13-14/h3-6H,1-2H3. The monoisotopic (exact) mass is 207 g/mol. The molecule has 0 saturated heterocycles. The van der Waals surface area contributed by atoms with Crippen LogP contribution in [0.15, 0.2) is 24.5 Å². The Bertz CT molecular complexity index is 462. The quantitative estimate of drug-likeness (QED) is 0.720. The highest BCUT2D eigenvalue weighted by atomic mass is 35.5. The highest BCUT2D eigenvalue weighted by molar-refractivity contribution is 6.31. The molecule has 0 amide bonds. The number of rotatable bonds is 1. The third-order valence-electron chi connectivity index (χ3n) is 2.03. The first kappa shape index (κ1) is 9.21. The molecule has 0 spiro atoms. The summed E-state index contributed by atoms with van der Waals surface area (Å²) < 4.78 is 1.71. The lowest BCUT2D eigenvalue weighted by Gasteiger charge is -2.02. The largest absolute Gasteiger partial charge is 0.221 e. The van der Waals surface area contributed by atoms with Gasteiger partial charge < -0.3 is 0 Å². The van der Waals surface area contributed by atoms with Gasteiger partial charge >= 0.3 is 0 Å². The normalized spacial score (nSPS) is 10.5. The first-order valence-electron chi connectivity index (χ1n) is 4.31. The number of aromatic nitrogens is 3. The summed E-state index contributed by atoms with van der Waals surface area (Å²) in [5.74, 6) is 0.752. The van der Waals surface area contributed by atoms with E-state index in [4.69, 9.17) is 11.6 Å². The smallest absolute Gasteiger partial charge is 0.147 e. The summed E-state index contributed by atoms with van der Waals surface area (Å²) in [6.07, 6.45) is 1.68. The predicted octanol–water partition coefficient (Wildman–Crippen LogP) is 2.54. The van der Waals surface area contributed by atoms with Crippen LogP contribution in [-0.2, 0) is 0 Å². The summed E-state index contributed by atoms with van der Waals surface area (Å²) in [6, 6.07) is 5.81. The Balaban J connectivity index is 2.47. The van der Waals surface area contributed by atoms with E-state index in [1.165, 1.54) is 0 Å². The fourth-order valence-corrected chi connectivity index (χ4v) is 1.37. The van der Waals surface area contributed by atoms with Crippen molar-refractivity contribution in [3.05, 3.63) is 40.9 Å². The van der Waals surface area contributed by atoms with Crippen molar-refractivity contribution in [3.8, 4) is 5.69 Å². The van der Waals surface area contributed by atoms with Crippen molar-refractivity contribution in [1.29, 1.82) is 0 Å². The molecule has 0 bridgehead atoms. The summed E-state index contributed by atoms with van der Waals surface area (Å²) in [5, 5.41) is 4.94. The second-order valence-corrected chi connectivity index (χ2v) is 3.58. The summed E-state index contributed by atoms with van der Waals surface area (Å²) in [7, 11) is 0. The van der Waals surface area contributed by atoms with Crippen LogP contribution in [0.5, 0.6) is 0 Å². The van der Waals surface area contributed by atoms with Gasteiger partial charge in [0.25, 0.3) is 0 Å². The molecule has 0 atom stereocenters. The summed E-state index contributed by atoms with van der Waals surface area (Å²) in [6.45, 7) is 3.82. The van der Waals surface area contributed by atoms with E-state index < -0.39 is 0 Å². The first-order chi connectivity index (χ1) is 6.66. The second-order valence-electron chi connectivity index (χ2n) is 3.17. The molecule has 0 saturated carbocycles. The number of hydrogen-bond donors (Lipinski definition) is 0. The van der Waals surface area contributed by atoms with Gasteiger partial charge in [0, 0.05) is 5.02 Å². The molecule has 1 heterocycles. The molecule has 1 aromatic heterocycles. The average molecular weight is 208 g/mol. The Morgan fingerprint density at radius 1 is 1.29 bits per heavy atom. The van der Waals surface area contributed by atoms with Crippen LogP contribution in [0.1, 0.15) is 11.4 Å². The number of aryl methyl sites for hydroxylation is 2. The topological polar surface area (TPSA) is 30.7 Å². The molecule has 1 aromatic carbocycles. The Morgan fingerprint density at radius 2 is 2.07 bits per heavy atom. The zero-order valence-corrected chi connectivity index (χ0v) is 8.78. The summed E-state index contributed by atoms with van der Waals surface area (Å²) in [5.41, 5.74) is 1.99. The van der Waals surface area contributed by atoms with Crippen LogP contribution in [0.4, 0.5) is 0 Å². The van der Waals surface area contributed by atoms with E-state index in [0.29, 0.717) is 0 Å². The molecule has 0 fully saturated rings. The van der Waals surface area contributed by atoms with Crippen LogP contribution in [-0.4, -0.2) is 14.8 Å². The van der Waals surface area contributed by atoms with E-state index in [1.54, 1.807) is 11.0 Å². The van der Waals surface area contributed by atoms with E-state index in [9.17, 15) is 0 Å². The van der Waals surface area contributed by atoms with Gasteiger partial charge in [0.2, 0.25) is 0 Å². The van der Waals surface area contributed by atoms with Gasteiger partial charge in [-0.1, -0.05) is 17.7 Å². The minimum atomic E-state index is 0.746. The van der Waals surface area contributed by atoms with Gasteiger partial charge in [-0.3, -0.25) is 0 Å². The molecular formula is C10H10ClN3. The van der Waals surface area contributed by atoms with E-state index in [2.05, 4.69) is 10.1 Å². The highest BCUT2D eigenvalue weighted by Gasteiger charge is 2.01. The molecular weight excluding hydrogens is 198 g/mol. The fraction of sp³-hybridized carbons (Fsp3) is 0.200. The molecule has 0 unspecified atom stereocenters. The van der Waals surface area contributed by atoms with E-state index in [0.717, 1.165) is 22.1 Å². The van der Waals surface area contributed by atoms with Crippen molar-refractivity contribution in [2.24, 2.45) is 0 Å². The van der Waals surface area contributed by atoms with Crippen LogP contribution in [0.25, 0.3) is 5.69 Å². The minimum Gasteiger partial charge on any atom is -0.221 e. The molecule has 2 rings (SSSR count). The van der Waals surface area contributed by atoms with Crippen LogP contribution in [0.3, 0.4) is 0 Å². The molecule has 14 heavy (non-hydrogen) atoms. The lowest BCUT2D eigenvalue weighted by atomic mass is 10.2. The van der Waals surface area contributed by atoms with Crippen molar-refractivity contribution < 1.29 is 0 Å². The van der Waals surface area contributed by atoms with Gasteiger partial charge in [-0.2, -0.15) is 5.10 Å². The predicted molar refractivity (Wildman–Crippen MR) is 55.8 cm³/mol. The number of benzene rings is 1. The maximum absolute atomic E-state index is 6.01. The van der Waals surface area contributed by atoms with Gasteiger partial charge in [-0.15, -0.1) is 0 Å². The number of hydrogen-bond acceptors (Lipinski definition) is 2. The molecule has 0 aliphatic rings. The van der Waals surface area contributed by atoms with Crippen LogP contribution in [0.2, 0.25) is 5.02 Å². The van der Waals surface area contributed by atoms with Gasteiger partial charge in [0.05, 0.1) is 5.69 Å². The van der Waals surface area contributed by atoms with E-state index >= 15 is 0 Å². The Labute approximate surface area is 87.3 Å². The fourth-order valence-electron chi connectivity index (χ4n) is 1.19. The molecule has 4 heteroatoms. The maximum atomic E-state index is 6.01. The van der Waals surface area contributed by atoms with Gasteiger partial charge in [-0.25, -0.2) is 9.67 Å². The van der Waals surface area contributed by atoms with E-state index in [1.807, 2.05) is 32.0 Å². The van der Waals surface area contributed by atoms with Gasteiger partial charge in [0.15, 0.2) is 0 Å². The number of halogens is 1. The van der Waals surface area contributed by atoms with E-state index in [-0.39, 0.29) is 0 Å². The molecule has 0 aliphatic carbocycles. The second kappa shape index (κ2) is 3.42. The molecule has 0 radical (unpaired) electrons. The van der Waals surface area contributed by atoms with Crippen molar-refractivity contribution in [2.45, 2.75) is 13.8 Å². The summed E-state index contributed by atoms with van der Waals surface area (Å²) >= 11 is 6.01. The zero-order chi connectivity index (χ0) is 10.1. The van der Waals surface area contributed by atoms with Crippen LogP contribution < -0.4 is 0 Å². The third-order valence-corrected chi connectivity index (χ3v) is 2.43. The molecule has 2 aromatic rings. The number of nitrogens with zero attached hydrogens (tertiary/aromatic N) is 3. The lowest BCUT2D eigenvalue weighted by Crippen LogP contribution is -1.95. The summed E-state index contributed by atoms with van der Waals surface area (Å²) in [4.78, 5) is 4.05. The minimum absolute atomic E-state index is 0.746. The molecule has 0 N–H and O–H groups in total. The van der Waals surface area contributed by atoms with Crippen LogP contribution in [0, 0.1) is 13.8 Å². The Kier molecular flexibility index (Phi) is 2.25.